The predicted molar refractivity (Wildman–Crippen MR) is 59.5 cm³/mol. The minimum absolute atomic E-state index is 0.0676. The van der Waals surface area contributed by atoms with Crippen molar-refractivity contribution in [2.24, 2.45) is 0 Å². The van der Waals surface area contributed by atoms with Crippen molar-refractivity contribution in [2.45, 2.75) is 25.0 Å². The largest absolute Gasteiger partial charge is 0.489 e. The number of hydrogen-bond donors (Lipinski definition) is 2. The molecule has 4 heteroatoms. The van der Waals surface area contributed by atoms with E-state index in [1.165, 1.54) is 0 Å². The Hall–Kier alpha value is -1.55. The van der Waals surface area contributed by atoms with E-state index in [2.05, 4.69) is 5.32 Å². The molecular weight excluding hydrogens is 206 g/mol. The van der Waals surface area contributed by atoms with Crippen LogP contribution in [0.2, 0.25) is 0 Å². The van der Waals surface area contributed by atoms with Gasteiger partial charge in [-0.15, -0.1) is 0 Å². The lowest BCUT2D eigenvalue weighted by molar-refractivity contribution is -0.140. The number of aliphatic carboxylic acids is 1. The molecule has 0 aliphatic carbocycles. The number of carbonyl (C=O) groups is 1. The van der Waals surface area contributed by atoms with Crippen LogP contribution in [0.1, 0.15) is 12.8 Å². The average Bonchev–Trinajstić information content (AvgIpc) is 2.31. The molecule has 0 bridgehead atoms. The molecular formula is C12H15NO3. The molecule has 1 heterocycles. The molecule has 0 aromatic heterocycles. The highest BCUT2D eigenvalue weighted by atomic mass is 16.5. The number of nitrogens with one attached hydrogen (secondary N) is 1. The van der Waals surface area contributed by atoms with Gasteiger partial charge in [-0.1, -0.05) is 18.2 Å². The molecule has 1 aliphatic heterocycles. The van der Waals surface area contributed by atoms with Crippen LogP contribution in [0, 0.1) is 0 Å². The van der Waals surface area contributed by atoms with Gasteiger partial charge in [-0.05, 0) is 25.0 Å². The topological polar surface area (TPSA) is 58.6 Å². The number of hydrogen-bond acceptors (Lipinski definition) is 3. The Balaban J connectivity index is 1.84. The van der Waals surface area contributed by atoms with E-state index in [4.69, 9.17) is 9.84 Å². The highest BCUT2D eigenvalue weighted by Gasteiger charge is 2.25. The molecule has 2 unspecified atom stereocenters. The van der Waals surface area contributed by atoms with Crippen LogP contribution in [0.15, 0.2) is 30.3 Å². The molecule has 86 valence electrons. The molecule has 0 amide bonds. The molecule has 4 nitrogen and oxygen atoms in total. The van der Waals surface area contributed by atoms with Crippen LogP contribution in [0.25, 0.3) is 0 Å². The fourth-order valence-electron chi connectivity index (χ4n) is 1.83. The molecule has 1 aliphatic rings. The van der Waals surface area contributed by atoms with E-state index in [1.54, 1.807) is 0 Å². The first-order chi connectivity index (χ1) is 7.75. The maximum absolute atomic E-state index is 10.7. The maximum Gasteiger partial charge on any atom is 0.320 e. The standard InChI is InChI=1S/C12H15NO3/c14-12(15)11-7-6-10(8-13-11)16-9-4-2-1-3-5-9/h1-5,10-11,13H,6-8H2,(H,14,15). The maximum atomic E-state index is 10.7. The normalized spacial score (nSPS) is 25.0. The molecule has 2 rings (SSSR count). The molecule has 2 atom stereocenters. The molecule has 1 saturated heterocycles. The SMILES string of the molecule is O=C(O)C1CCC(Oc2ccccc2)CN1. The Morgan fingerprint density at radius 3 is 2.62 bits per heavy atom. The second-order valence-electron chi connectivity index (χ2n) is 3.93. The number of piperidine rings is 1. The first-order valence-electron chi connectivity index (χ1n) is 5.43. The summed E-state index contributed by atoms with van der Waals surface area (Å²) in [6, 6.07) is 9.17. The van der Waals surface area contributed by atoms with Crippen molar-refractivity contribution in [1.82, 2.24) is 5.32 Å². The van der Waals surface area contributed by atoms with Gasteiger partial charge in [-0.25, -0.2) is 0 Å². The van der Waals surface area contributed by atoms with Crippen molar-refractivity contribution in [1.29, 1.82) is 0 Å². The average molecular weight is 221 g/mol. The van der Waals surface area contributed by atoms with E-state index in [0.717, 1.165) is 12.2 Å². The van der Waals surface area contributed by atoms with Gasteiger partial charge in [0, 0.05) is 6.54 Å². The lowest BCUT2D eigenvalue weighted by Crippen LogP contribution is -2.47. The zero-order chi connectivity index (χ0) is 11.4. The van der Waals surface area contributed by atoms with Crippen LogP contribution in [-0.2, 0) is 4.79 Å². The number of benzene rings is 1. The lowest BCUT2D eigenvalue weighted by Gasteiger charge is -2.27. The minimum atomic E-state index is -0.779. The van der Waals surface area contributed by atoms with E-state index >= 15 is 0 Å². The van der Waals surface area contributed by atoms with Crippen LogP contribution in [-0.4, -0.2) is 29.8 Å². The van der Waals surface area contributed by atoms with Gasteiger partial charge in [-0.2, -0.15) is 0 Å². The summed E-state index contributed by atoms with van der Waals surface area (Å²) >= 11 is 0. The summed E-state index contributed by atoms with van der Waals surface area (Å²) in [6.07, 6.45) is 1.46. The Morgan fingerprint density at radius 2 is 2.06 bits per heavy atom. The predicted octanol–water partition coefficient (Wildman–Crippen LogP) is 1.27. The molecule has 1 aromatic carbocycles. The van der Waals surface area contributed by atoms with E-state index in [9.17, 15) is 4.79 Å². The Morgan fingerprint density at radius 1 is 1.31 bits per heavy atom. The number of rotatable bonds is 3. The van der Waals surface area contributed by atoms with Gasteiger partial charge in [-0.3, -0.25) is 4.79 Å². The van der Waals surface area contributed by atoms with Crippen molar-refractivity contribution >= 4 is 5.97 Å². The Labute approximate surface area is 94.2 Å². The minimum Gasteiger partial charge on any atom is -0.489 e. The molecule has 0 radical (unpaired) electrons. The smallest absolute Gasteiger partial charge is 0.320 e. The van der Waals surface area contributed by atoms with Crippen LogP contribution in [0.3, 0.4) is 0 Å². The van der Waals surface area contributed by atoms with Gasteiger partial charge in [0.25, 0.3) is 0 Å². The fraction of sp³-hybridized carbons (Fsp3) is 0.417. The first-order valence-corrected chi connectivity index (χ1v) is 5.43. The molecule has 1 aromatic rings. The van der Waals surface area contributed by atoms with Gasteiger partial charge < -0.3 is 15.2 Å². The quantitative estimate of drug-likeness (QED) is 0.807. The number of carboxylic acids is 1. The number of carboxylic acid groups (broad SMARTS) is 1. The Kier molecular flexibility index (Phi) is 3.41. The highest BCUT2D eigenvalue weighted by Crippen LogP contribution is 2.16. The molecule has 0 spiro atoms. The van der Waals surface area contributed by atoms with E-state index in [-0.39, 0.29) is 6.10 Å². The van der Waals surface area contributed by atoms with Crippen molar-refractivity contribution in [3.8, 4) is 5.75 Å². The second-order valence-corrected chi connectivity index (χ2v) is 3.93. The van der Waals surface area contributed by atoms with Gasteiger partial charge in [0.15, 0.2) is 0 Å². The zero-order valence-corrected chi connectivity index (χ0v) is 8.93. The molecule has 0 saturated carbocycles. The van der Waals surface area contributed by atoms with Crippen molar-refractivity contribution < 1.29 is 14.6 Å². The van der Waals surface area contributed by atoms with Gasteiger partial charge in [0.1, 0.15) is 17.9 Å². The van der Waals surface area contributed by atoms with Gasteiger partial charge in [0.05, 0.1) is 0 Å². The first kappa shape index (κ1) is 11.0. The third-order valence-electron chi connectivity index (χ3n) is 2.71. The van der Waals surface area contributed by atoms with Gasteiger partial charge >= 0.3 is 5.97 Å². The monoisotopic (exact) mass is 221 g/mol. The molecule has 2 N–H and O–H groups in total. The summed E-state index contributed by atoms with van der Waals surface area (Å²) in [5, 5.41) is 11.8. The molecule has 1 fully saturated rings. The van der Waals surface area contributed by atoms with Crippen LogP contribution < -0.4 is 10.1 Å². The van der Waals surface area contributed by atoms with E-state index < -0.39 is 12.0 Å². The zero-order valence-electron chi connectivity index (χ0n) is 8.93. The summed E-state index contributed by atoms with van der Waals surface area (Å²) in [5.41, 5.74) is 0. The highest BCUT2D eigenvalue weighted by molar-refractivity contribution is 5.73. The second kappa shape index (κ2) is 4.99. The van der Waals surface area contributed by atoms with E-state index in [1.807, 2.05) is 30.3 Å². The summed E-state index contributed by atoms with van der Waals surface area (Å²) in [5.74, 6) is 0.0567. The van der Waals surface area contributed by atoms with Crippen LogP contribution in [0.5, 0.6) is 5.75 Å². The van der Waals surface area contributed by atoms with Gasteiger partial charge in [0.2, 0.25) is 0 Å². The van der Waals surface area contributed by atoms with Crippen molar-refractivity contribution in [2.75, 3.05) is 6.54 Å². The third-order valence-corrected chi connectivity index (χ3v) is 2.71. The van der Waals surface area contributed by atoms with Crippen LogP contribution >= 0.6 is 0 Å². The van der Waals surface area contributed by atoms with Crippen LogP contribution in [0.4, 0.5) is 0 Å². The Bertz CT molecular complexity index is 345. The van der Waals surface area contributed by atoms with Crippen molar-refractivity contribution in [3.05, 3.63) is 30.3 Å². The van der Waals surface area contributed by atoms with Crippen molar-refractivity contribution in [3.63, 3.8) is 0 Å². The van der Waals surface area contributed by atoms with E-state index in [0.29, 0.717) is 13.0 Å². The number of ether oxygens (including phenoxy) is 1. The summed E-state index contributed by atoms with van der Waals surface area (Å²) < 4.78 is 5.73. The third kappa shape index (κ3) is 2.73. The lowest BCUT2D eigenvalue weighted by atomic mass is 10.0. The summed E-state index contributed by atoms with van der Waals surface area (Å²) in [7, 11) is 0. The fourth-order valence-corrected chi connectivity index (χ4v) is 1.83. The molecule has 16 heavy (non-hydrogen) atoms. The summed E-state index contributed by atoms with van der Waals surface area (Å²) in [6.45, 7) is 0.589. The summed E-state index contributed by atoms with van der Waals surface area (Å²) in [4.78, 5) is 10.7. The number of para-hydroxylation sites is 1.